The lowest BCUT2D eigenvalue weighted by Crippen LogP contribution is -2.10. The first-order valence-electron chi connectivity index (χ1n) is 21.9. The second kappa shape index (κ2) is 15.8. The highest BCUT2D eigenvalue weighted by molar-refractivity contribution is 6.04. The van der Waals surface area contributed by atoms with Crippen molar-refractivity contribution in [2.75, 3.05) is 4.90 Å². The van der Waals surface area contributed by atoms with Gasteiger partial charge in [-0.05, 0) is 132 Å². The van der Waals surface area contributed by atoms with Crippen LogP contribution in [0.25, 0.3) is 88.3 Å². The smallest absolute Gasteiger partial charge is 0.135 e. The molecular weight excluding hydrogens is 775 g/mol. The monoisotopic (exact) mass is 815 g/mol. The Morgan fingerprint density at radius 3 is 1.39 bits per heavy atom. The Hall–Kier alpha value is -8.46. The summed E-state index contributed by atoms with van der Waals surface area (Å²) in [5.74, 6) is 1.79. The van der Waals surface area contributed by atoms with Gasteiger partial charge in [-0.2, -0.15) is 0 Å². The minimum absolute atomic E-state index is 0.880. The third kappa shape index (κ3) is 6.79. The van der Waals surface area contributed by atoms with E-state index in [9.17, 15) is 0 Å². The van der Waals surface area contributed by atoms with Crippen LogP contribution in [-0.4, -0.2) is 0 Å². The quantitative estimate of drug-likeness (QED) is 0.151. The molecule has 0 amide bonds. The van der Waals surface area contributed by atoms with Gasteiger partial charge in [-0.1, -0.05) is 194 Å². The zero-order valence-electron chi connectivity index (χ0n) is 35.0. The predicted molar refractivity (Wildman–Crippen MR) is 269 cm³/mol. The summed E-state index contributed by atoms with van der Waals surface area (Å²) in [7, 11) is 0. The van der Waals surface area contributed by atoms with Crippen molar-refractivity contribution in [3.8, 4) is 78.3 Å². The lowest BCUT2D eigenvalue weighted by molar-refractivity contribution is 0.487. The zero-order valence-corrected chi connectivity index (χ0v) is 35.0. The molecule has 0 atom stereocenters. The van der Waals surface area contributed by atoms with E-state index in [4.69, 9.17) is 4.74 Å². The molecule has 0 aromatic heterocycles. The fraction of sp³-hybridized carbons (Fsp3) is 0. The number of anilines is 3. The first kappa shape index (κ1) is 37.3. The number of benzene rings is 11. The minimum atomic E-state index is 0.880. The summed E-state index contributed by atoms with van der Waals surface area (Å²) in [6.07, 6.45) is 0. The lowest BCUT2D eigenvalue weighted by Gasteiger charge is -2.27. The molecule has 0 bridgehead atoms. The highest BCUT2D eigenvalue weighted by Crippen LogP contribution is 2.48. The van der Waals surface area contributed by atoms with Gasteiger partial charge in [0.1, 0.15) is 11.5 Å². The Balaban J connectivity index is 0.899. The Bertz CT molecular complexity index is 3470. The molecule has 0 fully saturated rings. The SMILES string of the molecule is c1ccc(-c2ccc(-c3ccc(N(c4ccc(-c5ccc(-c6cccc7ccccc67)cc5)cc4)c4cccc(-c5ccc6c(c5)-c5cccc7cccc(c57)O6)c4)cc3)cc2)cc1. The van der Waals surface area contributed by atoms with E-state index < -0.39 is 0 Å². The van der Waals surface area contributed by atoms with Crippen molar-refractivity contribution in [2.45, 2.75) is 0 Å². The average molecular weight is 816 g/mol. The molecule has 0 N–H and O–H groups in total. The van der Waals surface area contributed by atoms with Gasteiger partial charge in [0.25, 0.3) is 0 Å². The fourth-order valence-corrected chi connectivity index (χ4v) is 9.43. The molecular formula is C62H41NO. The summed E-state index contributed by atoms with van der Waals surface area (Å²) in [6, 6.07) is 89.6. The molecule has 1 aliphatic heterocycles. The standard InChI is InChI=1S/C62H41NO/c1-2-10-42(11-3-1)43-22-24-44(25-23-43)46-30-35-53(36-31-46)63(54-37-32-47(33-38-54)45-26-28-49(29-27-45)57-19-7-13-48-12-4-5-18-56(48)57)55-17-6-16-51(40-55)52-34-39-60-59(41-52)58-20-8-14-50-15-9-21-61(64-60)62(50)58/h1-41H. The van der Waals surface area contributed by atoms with Crippen LogP contribution in [0.5, 0.6) is 11.5 Å². The molecule has 64 heavy (non-hydrogen) atoms. The number of fused-ring (bicyclic) bond motifs is 3. The van der Waals surface area contributed by atoms with Crippen molar-refractivity contribution in [3.63, 3.8) is 0 Å². The van der Waals surface area contributed by atoms with E-state index in [2.05, 4.69) is 254 Å². The molecule has 0 saturated heterocycles. The second-order valence-electron chi connectivity index (χ2n) is 16.5. The molecule has 2 nitrogen and oxygen atoms in total. The molecule has 0 saturated carbocycles. The van der Waals surface area contributed by atoms with Gasteiger partial charge < -0.3 is 9.64 Å². The first-order chi connectivity index (χ1) is 31.7. The molecule has 2 heteroatoms. The molecule has 12 rings (SSSR count). The lowest BCUT2D eigenvalue weighted by atomic mass is 9.92. The Morgan fingerprint density at radius 1 is 0.250 bits per heavy atom. The highest BCUT2D eigenvalue weighted by atomic mass is 16.5. The van der Waals surface area contributed by atoms with Gasteiger partial charge in [-0.15, -0.1) is 0 Å². The van der Waals surface area contributed by atoms with Crippen molar-refractivity contribution in [1.82, 2.24) is 0 Å². The van der Waals surface area contributed by atoms with Crippen LogP contribution in [0.2, 0.25) is 0 Å². The van der Waals surface area contributed by atoms with Crippen molar-refractivity contribution in [2.24, 2.45) is 0 Å². The van der Waals surface area contributed by atoms with Gasteiger partial charge in [-0.25, -0.2) is 0 Å². The molecule has 0 aliphatic carbocycles. The highest BCUT2D eigenvalue weighted by Gasteiger charge is 2.21. The van der Waals surface area contributed by atoms with Gasteiger partial charge in [0, 0.05) is 28.0 Å². The van der Waals surface area contributed by atoms with Crippen molar-refractivity contribution in [3.05, 3.63) is 249 Å². The molecule has 0 unspecified atom stereocenters. The van der Waals surface area contributed by atoms with Gasteiger partial charge in [0.2, 0.25) is 0 Å². The Labute approximate surface area is 373 Å². The number of hydrogen-bond donors (Lipinski definition) is 0. The van der Waals surface area contributed by atoms with Crippen molar-refractivity contribution >= 4 is 38.6 Å². The maximum atomic E-state index is 6.46. The van der Waals surface area contributed by atoms with Gasteiger partial charge in [-0.3, -0.25) is 0 Å². The van der Waals surface area contributed by atoms with E-state index >= 15 is 0 Å². The fourth-order valence-electron chi connectivity index (χ4n) is 9.43. The maximum absolute atomic E-state index is 6.46. The van der Waals surface area contributed by atoms with Crippen LogP contribution in [0, 0.1) is 0 Å². The zero-order chi connectivity index (χ0) is 42.4. The van der Waals surface area contributed by atoms with Crippen molar-refractivity contribution < 1.29 is 4.74 Å². The van der Waals surface area contributed by atoms with Crippen LogP contribution in [0.1, 0.15) is 0 Å². The van der Waals surface area contributed by atoms with E-state index in [1.54, 1.807) is 0 Å². The van der Waals surface area contributed by atoms with E-state index in [0.29, 0.717) is 0 Å². The van der Waals surface area contributed by atoms with Crippen LogP contribution in [0.3, 0.4) is 0 Å². The third-order valence-electron chi connectivity index (χ3n) is 12.7. The number of nitrogens with zero attached hydrogens (tertiary/aromatic N) is 1. The molecule has 11 aromatic rings. The molecule has 11 aromatic carbocycles. The van der Waals surface area contributed by atoms with Crippen LogP contribution in [0.15, 0.2) is 249 Å². The van der Waals surface area contributed by atoms with Crippen LogP contribution in [-0.2, 0) is 0 Å². The first-order valence-corrected chi connectivity index (χ1v) is 21.9. The predicted octanol–water partition coefficient (Wildman–Crippen LogP) is 17.6. The summed E-state index contributed by atoms with van der Waals surface area (Å²) >= 11 is 0. The summed E-state index contributed by atoms with van der Waals surface area (Å²) in [6.45, 7) is 0. The minimum Gasteiger partial charge on any atom is -0.456 e. The van der Waals surface area contributed by atoms with E-state index in [1.807, 2.05) is 0 Å². The molecule has 1 aliphatic rings. The second-order valence-corrected chi connectivity index (χ2v) is 16.5. The number of hydrogen-bond acceptors (Lipinski definition) is 2. The van der Waals surface area contributed by atoms with Crippen LogP contribution < -0.4 is 9.64 Å². The topological polar surface area (TPSA) is 12.5 Å². The molecule has 0 radical (unpaired) electrons. The van der Waals surface area contributed by atoms with Crippen LogP contribution >= 0.6 is 0 Å². The average Bonchev–Trinajstić information content (AvgIpc) is 3.37. The van der Waals surface area contributed by atoms with Gasteiger partial charge >= 0.3 is 0 Å². The summed E-state index contributed by atoms with van der Waals surface area (Å²) in [4.78, 5) is 2.36. The van der Waals surface area contributed by atoms with E-state index in [0.717, 1.165) is 50.6 Å². The van der Waals surface area contributed by atoms with Crippen molar-refractivity contribution in [1.29, 1.82) is 0 Å². The Morgan fingerprint density at radius 2 is 0.719 bits per heavy atom. The van der Waals surface area contributed by atoms with E-state index in [1.165, 1.54) is 66.2 Å². The molecule has 300 valence electrons. The van der Waals surface area contributed by atoms with Gasteiger partial charge in [0.05, 0.1) is 0 Å². The number of rotatable bonds is 8. The summed E-state index contributed by atoms with van der Waals surface area (Å²) in [5, 5.41) is 4.87. The molecule has 1 heterocycles. The third-order valence-corrected chi connectivity index (χ3v) is 12.7. The summed E-state index contributed by atoms with van der Waals surface area (Å²) < 4.78 is 6.46. The largest absolute Gasteiger partial charge is 0.456 e. The normalized spacial score (nSPS) is 11.6. The number of ether oxygens (including phenoxy) is 1. The maximum Gasteiger partial charge on any atom is 0.135 e. The Kier molecular flexibility index (Phi) is 9.20. The van der Waals surface area contributed by atoms with E-state index in [-0.39, 0.29) is 0 Å². The molecule has 0 spiro atoms. The van der Waals surface area contributed by atoms with Gasteiger partial charge in [0.15, 0.2) is 0 Å². The summed E-state index contributed by atoms with van der Waals surface area (Å²) in [5.41, 5.74) is 17.4. The van der Waals surface area contributed by atoms with Crippen LogP contribution in [0.4, 0.5) is 17.1 Å².